The number of hydrogen-bond acceptors (Lipinski definition) is 4. The number of aryl methyl sites for hydroxylation is 2. The molecule has 5 rings (SSSR count). The fraction of sp³-hybridized carbons (Fsp3) is 0.273. The monoisotopic (exact) mass is 387 g/mol. The maximum atomic E-state index is 13.6. The summed E-state index contributed by atoms with van der Waals surface area (Å²) in [6.07, 6.45) is 5.65. The van der Waals surface area contributed by atoms with Gasteiger partial charge in [0.2, 0.25) is 5.91 Å². The van der Waals surface area contributed by atoms with Gasteiger partial charge in [-0.1, -0.05) is 24.3 Å². The van der Waals surface area contributed by atoms with Crippen molar-refractivity contribution < 1.29 is 9.59 Å². The molecule has 2 amide bonds. The number of imidazole rings is 1. The van der Waals surface area contributed by atoms with E-state index in [0.29, 0.717) is 24.4 Å². The number of amides is 2. The number of para-hydroxylation sites is 1. The number of rotatable bonds is 2. The highest BCUT2D eigenvalue weighted by Gasteiger charge is 2.59. The van der Waals surface area contributed by atoms with Gasteiger partial charge < -0.3 is 14.8 Å². The molecule has 29 heavy (non-hydrogen) atoms. The Hall–Kier alpha value is -3.48. The molecule has 2 aliphatic heterocycles. The maximum Gasteiger partial charge on any atom is 0.272 e. The molecule has 2 aromatic heterocycles. The summed E-state index contributed by atoms with van der Waals surface area (Å²) in [6.45, 7) is 2.31. The number of fused-ring (bicyclic) bond motifs is 2. The van der Waals surface area contributed by atoms with Crippen molar-refractivity contribution in [3.63, 3.8) is 0 Å². The fourth-order valence-electron chi connectivity index (χ4n) is 4.90. The Balaban J connectivity index is 1.69. The van der Waals surface area contributed by atoms with Gasteiger partial charge in [-0.2, -0.15) is 0 Å². The number of carbonyl (C=O) groups is 2. The Morgan fingerprint density at radius 2 is 2.07 bits per heavy atom. The Kier molecular flexibility index (Phi) is 3.81. The lowest BCUT2D eigenvalue weighted by atomic mass is 9.73. The van der Waals surface area contributed by atoms with Crippen LogP contribution in [0.15, 0.2) is 55.1 Å². The third-order valence-electron chi connectivity index (χ3n) is 6.17. The molecule has 0 bridgehead atoms. The second-order valence-corrected chi connectivity index (χ2v) is 7.70. The molecule has 2 atom stereocenters. The zero-order chi connectivity index (χ0) is 20.2. The molecule has 2 unspecified atom stereocenters. The van der Waals surface area contributed by atoms with Crippen molar-refractivity contribution >= 4 is 17.5 Å². The molecular weight excluding hydrogens is 366 g/mol. The summed E-state index contributed by atoms with van der Waals surface area (Å²) in [7, 11) is 1.82. The number of hydrogen-bond donors (Lipinski definition) is 1. The van der Waals surface area contributed by atoms with E-state index in [0.717, 1.165) is 16.8 Å². The summed E-state index contributed by atoms with van der Waals surface area (Å²) in [5, 5.41) is 3.03. The minimum Gasteiger partial charge on any atom is -0.330 e. The van der Waals surface area contributed by atoms with E-state index < -0.39 is 11.5 Å². The lowest BCUT2D eigenvalue weighted by Gasteiger charge is -2.34. The molecule has 1 aromatic carbocycles. The van der Waals surface area contributed by atoms with E-state index in [4.69, 9.17) is 0 Å². The molecule has 0 saturated carbocycles. The SMILES string of the molecule is Cc1ncn(C)c1C(=O)N1CCC2(C(=O)Nc3ccccc32)C1c1cccnc1. The molecule has 0 radical (unpaired) electrons. The van der Waals surface area contributed by atoms with Gasteiger partial charge in [0.1, 0.15) is 11.1 Å². The Bertz CT molecular complexity index is 1100. The van der Waals surface area contributed by atoms with E-state index in [2.05, 4.69) is 15.3 Å². The molecule has 7 heteroatoms. The van der Waals surface area contributed by atoms with Crippen LogP contribution in [-0.4, -0.2) is 37.8 Å². The largest absolute Gasteiger partial charge is 0.330 e. The number of likely N-dealkylation sites (tertiary alicyclic amines) is 1. The van der Waals surface area contributed by atoms with Crippen molar-refractivity contribution in [3.05, 3.63) is 77.6 Å². The van der Waals surface area contributed by atoms with Crippen molar-refractivity contribution in [1.82, 2.24) is 19.4 Å². The smallest absolute Gasteiger partial charge is 0.272 e. The lowest BCUT2D eigenvalue weighted by Crippen LogP contribution is -2.43. The number of benzene rings is 1. The quantitative estimate of drug-likeness (QED) is 0.733. The molecule has 1 fully saturated rings. The molecule has 2 aliphatic rings. The van der Waals surface area contributed by atoms with Crippen LogP contribution < -0.4 is 5.32 Å². The Morgan fingerprint density at radius 3 is 2.79 bits per heavy atom. The van der Waals surface area contributed by atoms with Crippen molar-refractivity contribution in [2.24, 2.45) is 7.05 Å². The van der Waals surface area contributed by atoms with E-state index in [-0.39, 0.29) is 11.8 Å². The molecule has 3 aromatic rings. The van der Waals surface area contributed by atoms with Gasteiger partial charge in [0, 0.05) is 31.7 Å². The first kappa shape index (κ1) is 17.6. The highest BCUT2D eigenvalue weighted by molar-refractivity contribution is 6.08. The zero-order valence-corrected chi connectivity index (χ0v) is 16.3. The van der Waals surface area contributed by atoms with E-state index in [1.807, 2.05) is 55.3 Å². The first-order valence-corrected chi connectivity index (χ1v) is 9.64. The van der Waals surface area contributed by atoms with Crippen LogP contribution in [-0.2, 0) is 17.3 Å². The first-order chi connectivity index (χ1) is 14.0. The molecule has 1 N–H and O–H groups in total. The molecule has 1 saturated heterocycles. The second kappa shape index (κ2) is 6.27. The lowest BCUT2D eigenvalue weighted by molar-refractivity contribution is -0.121. The summed E-state index contributed by atoms with van der Waals surface area (Å²) in [5.74, 6) is -0.185. The van der Waals surface area contributed by atoms with Gasteiger partial charge in [0.15, 0.2) is 0 Å². The average molecular weight is 387 g/mol. The summed E-state index contributed by atoms with van der Waals surface area (Å²) in [6, 6.07) is 11.1. The van der Waals surface area contributed by atoms with Gasteiger partial charge in [-0.05, 0) is 36.6 Å². The van der Waals surface area contributed by atoms with Crippen LogP contribution in [0, 0.1) is 6.92 Å². The van der Waals surface area contributed by atoms with E-state index in [1.165, 1.54) is 0 Å². The molecule has 4 heterocycles. The standard InChI is InChI=1S/C22H21N5O2/c1-14-18(26(2)13-24-14)20(28)27-11-9-22(19(27)15-6-5-10-23-12-15)16-7-3-4-8-17(16)25-21(22)29/h3-8,10,12-13,19H,9,11H2,1-2H3,(H,25,29). The zero-order valence-electron chi connectivity index (χ0n) is 16.3. The topological polar surface area (TPSA) is 80.1 Å². The molecular formula is C22H21N5O2. The van der Waals surface area contributed by atoms with Gasteiger partial charge in [-0.3, -0.25) is 14.6 Å². The predicted octanol–water partition coefficient (Wildman–Crippen LogP) is 2.60. The first-order valence-electron chi connectivity index (χ1n) is 9.64. The van der Waals surface area contributed by atoms with Crippen molar-refractivity contribution in [3.8, 4) is 0 Å². The number of anilines is 1. The van der Waals surface area contributed by atoms with Gasteiger partial charge >= 0.3 is 0 Å². The van der Waals surface area contributed by atoms with Crippen molar-refractivity contribution in [2.45, 2.75) is 24.8 Å². The highest BCUT2D eigenvalue weighted by atomic mass is 16.2. The third kappa shape index (κ3) is 2.36. The van der Waals surface area contributed by atoms with Gasteiger partial charge in [0.25, 0.3) is 5.91 Å². The van der Waals surface area contributed by atoms with Crippen LogP contribution in [0.2, 0.25) is 0 Å². The second-order valence-electron chi connectivity index (χ2n) is 7.70. The number of aromatic nitrogens is 3. The fourth-order valence-corrected chi connectivity index (χ4v) is 4.90. The minimum absolute atomic E-state index is 0.0652. The predicted molar refractivity (Wildman–Crippen MR) is 107 cm³/mol. The summed E-state index contributed by atoms with van der Waals surface area (Å²) >= 11 is 0. The summed E-state index contributed by atoms with van der Waals surface area (Å²) in [4.78, 5) is 37.3. The number of nitrogens with one attached hydrogen (secondary N) is 1. The van der Waals surface area contributed by atoms with Crippen LogP contribution in [0.5, 0.6) is 0 Å². The Morgan fingerprint density at radius 1 is 1.24 bits per heavy atom. The average Bonchev–Trinajstić information content (AvgIpc) is 3.38. The van der Waals surface area contributed by atoms with Crippen molar-refractivity contribution in [2.75, 3.05) is 11.9 Å². The highest BCUT2D eigenvalue weighted by Crippen LogP contribution is 2.54. The van der Waals surface area contributed by atoms with Crippen LogP contribution in [0.4, 0.5) is 5.69 Å². The van der Waals surface area contributed by atoms with Gasteiger partial charge in [-0.25, -0.2) is 4.98 Å². The normalized spacial score (nSPS) is 22.8. The molecule has 1 spiro atoms. The van der Waals surface area contributed by atoms with Crippen LogP contribution in [0.3, 0.4) is 0 Å². The minimum atomic E-state index is -0.832. The van der Waals surface area contributed by atoms with Crippen molar-refractivity contribution in [1.29, 1.82) is 0 Å². The molecule has 7 nitrogen and oxygen atoms in total. The van der Waals surface area contributed by atoms with Crippen LogP contribution >= 0.6 is 0 Å². The van der Waals surface area contributed by atoms with E-state index in [9.17, 15) is 9.59 Å². The van der Waals surface area contributed by atoms with Gasteiger partial charge in [-0.15, -0.1) is 0 Å². The van der Waals surface area contributed by atoms with Crippen LogP contribution in [0.25, 0.3) is 0 Å². The van der Waals surface area contributed by atoms with Crippen LogP contribution in [0.1, 0.15) is 39.8 Å². The number of nitrogens with zero attached hydrogens (tertiary/aromatic N) is 4. The maximum absolute atomic E-state index is 13.6. The Labute approximate surface area is 168 Å². The van der Waals surface area contributed by atoms with Gasteiger partial charge in [0.05, 0.1) is 18.1 Å². The third-order valence-corrected chi connectivity index (χ3v) is 6.17. The van der Waals surface area contributed by atoms with E-state index >= 15 is 0 Å². The number of carbonyl (C=O) groups excluding carboxylic acids is 2. The number of pyridine rings is 1. The molecule has 0 aliphatic carbocycles. The summed E-state index contributed by atoms with van der Waals surface area (Å²) in [5.41, 5.74) is 3.00. The summed E-state index contributed by atoms with van der Waals surface area (Å²) < 4.78 is 1.74. The van der Waals surface area contributed by atoms with E-state index in [1.54, 1.807) is 23.3 Å². The molecule has 146 valence electrons.